The summed E-state index contributed by atoms with van der Waals surface area (Å²) in [4.78, 5) is 73.1. The number of benzene rings is 1. The number of rotatable bonds is 10. The Morgan fingerprint density at radius 1 is 0.953 bits per heavy atom. The SMILES string of the molecule is C[C@H]1CN(C(=O)O)CCN1CCCN(C)CCCN1CCN(c2ccc3c(c2)C(=O)N(C2CCC(=O)NC2=O)C3=O)CC1. The van der Waals surface area contributed by atoms with Crippen molar-refractivity contribution in [1.82, 2.24) is 29.8 Å². The van der Waals surface area contributed by atoms with Crippen LogP contribution in [0.15, 0.2) is 18.2 Å². The van der Waals surface area contributed by atoms with Crippen molar-refractivity contribution in [2.75, 3.05) is 83.9 Å². The summed E-state index contributed by atoms with van der Waals surface area (Å²) in [6, 6.07) is 4.60. The normalized spacial score (nSPS) is 23.7. The van der Waals surface area contributed by atoms with Gasteiger partial charge in [0.05, 0.1) is 11.1 Å². The van der Waals surface area contributed by atoms with Crippen molar-refractivity contribution >= 4 is 35.4 Å². The first-order chi connectivity index (χ1) is 20.6. The quantitative estimate of drug-likeness (QED) is 0.369. The maximum Gasteiger partial charge on any atom is 0.407 e. The van der Waals surface area contributed by atoms with E-state index in [1.807, 2.05) is 6.07 Å². The van der Waals surface area contributed by atoms with Crippen molar-refractivity contribution in [3.8, 4) is 0 Å². The summed E-state index contributed by atoms with van der Waals surface area (Å²) < 4.78 is 0. The zero-order valence-electron chi connectivity index (χ0n) is 25.2. The lowest BCUT2D eigenvalue weighted by Gasteiger charge is -2.38. The van der Waals surface area contributed by atoms with Gasteiger partial charge in [0.15, 0.2) is 0 Å². The molecule has 5 amide bonds. The van der Waals surface area contributed by atoms with E-state index in [0.29, 0.717) is 24.2 Å². The van der Waals surface area contributed by atoms with E-state index in [-0.39, 0.29) is 24.8 Å². The predicted octanol–water partition coefficient (Wildman–Crippen LogP) is 0.606. The topological polar surface area (TPSA) is 137 Å². The number of nitrogens with one attached hydrogen (secondary N) is 1. The molecule has 4 aliphatic heterocycles. The smallest absolute Gasteiger partial charge is 0.407 e. The molecule has 0 aliphatic carbocycles. The average Bonchev–Trinajstić information content (AvgIpc) is 3.23. The van der Waals surface area contributed by atoms with Crippen LogP contribution >= 0.6 is 0 Å². The van der Waals surface area contributed by atoms with E-state index in [1.165, 1.54) is 4.90 Å². The van der Waals surface area contributed by atoms with Gasteiger partial charge in [-0.15, -0.1) is 0 Å². The predicted molar refractivity (Wildman–Crippen MR) is 159 cm³/mol. The lowest BCUT2D eigenvalue weighted by molar-refractivity contribution is -0.136. The molecule has 13 heteroatoms. The largest absolute Gasteiger partial charge is 0.465 e. The first-order valence-corrected chi connectivity index (χ1v) is 15.4. The van der Waals surface area contributed by atoms with Gasteiger partial charge in [-0.3, -0.25) is 39.2 Å². The third kappa shape index (κ3) is 7.00. The Hall–Kier alpha value is -3.55. The molecule has 0 bridgehead atoms. The summed E-state index contributed by atoms with van der Waals surface area (Å²) in [5, 5.41) is 11.4. The molecule has 2 atom stereocenters. The lowest BCUT2D eigenvalue weighted by atomic mass is 10.0. The first kappa shape index (κ1) is 30.9. The van der Waals surface area contributed by atoms with E-state index in [4.69, 9.17) is 0 Å². The Labute approximate surface area is 252 Å². The highest BCUT2D eigenvalue weighted by molar-refractivity contribution is 6.23. The fraction of sp³-hybridized carbons (Fsp3) is 0.633. The number of anilines is 1. The monoisotopic (exact) mass is 597 g/mol. The Balaban J connectivity index is 1.02. The number of carbonyl (C=O) groups is 5. The zero-order valence-corrected chi connectivity index (χ0v) is 25.2. The summed E-state index contributed by atoms with van der Waals surface area (Å²) in [6.45, 7) is 11.6. The van der Waals surface area contributed by atoms with Gasteiger partial charge >= 0.3 is 6.09 Å². The molecule has 3 saturated heterocycles. The van der Waals surface area contributed by atoms with E-state index >= 15 is 0 Å². The average molecular weight is 598 g/mol. The van der Waals surface area contributed by atoms with Gasteiger partial charge in [-0.25, -0.2) is 4.79 Å². The molecule has 43 heavy (non-hydrogen) atoms. The fourth-order valence-corrected chi connectivity index (χ4v) is 6.61. The third-order valence-electron chi connectivity index (χ3n) is 9.20. The molecule has 4 heterocycles. The molecule has 5 rings (SSSR count). The number of fused-ring (bicyclic) bond motifs is 1. The summed E-state index contributed by atoms with van der Waals surface area (Å²) in [6.07, 6.45) is 1.56. The molecule has 0 saturated carbocycles. The molecule has 1 unspecified atom stereocenters. The minimum Gasteiger partial charge on any atom is -0.465 e. The van der Waals surface area contributed by atoms with Crippen LogP contribution in [-0.4, -0.2) is 150 Å². The van der Waals surface area contributed by atoms with Crippen molar-refractivity contribution in [2.45, 2.75) is 44.7 Å². The van der Waals surface area contributed by atoms with E-state index in [2.05, 4.69) is 38.9 Å². The van der Waals surface area contributed by atoms with Gasteiger partial charge in [0.25, 0.3) is 11.8 Å². The van der Waals surface area contributed by atoms with Crippen LogP contribution in [0.2, 0.25) is 0 Å². The van der Waals surface area contributed by atoms with Crippen LogP contribution < -0.4 is 10.2 Å². The molecule has 0 aromatic heterocycles. The van der Waals surface area contributed by atoms with Gasteiger partial charge in [-0.2, -0.15) is 0 Å². The van der Waals surface area contributed by atoms with Crippen molar-refractivity contribution in [3.63, 3.8) is 0 Å². The molecule has 0 spiro atoms. The maximum atomic E-state index is 13.2. The Kier molecular flexibility index (Phi) is 9.62. The van der Waals surface area contributed by atoms with Gasteiger partial charge in [0.1, 0.15) is 6.04 Å². The summed E-state index contributed by atoms with van der Waals surface area (Å²) >= 11 is 0. The number of piperazine rings is 2. The standard InChI is InChI=1S/C30H43N7O6/c1-21-20-36(30(42)43)18-17-34(21)12-4-10-32(2)9-3-11-33-13-15-35(16-14-33)22-5-6-23-24(19-22)29(41)37(28(23)40)25-7-8-26(38)31-27(25)39/h5-6,19,21,25H,3-4,7-18,20H2,1-2H3,(H,42,43)(H,31,38,39)/t21-,25?/m0/s1. The van der Waals surface area contributed by atoms with Gasteiger partial charge < -0.3 is 19.8 Å². The van der Waals surface area contributed by atoms with E-state index in [1.54, 1.807) is 12.1 Å². The molecule has 4 aliphatic rings. The van der Waals surface area contributed by atoms with Crippen molar-refractivity contribution < 1.29 is 29.1 Å². The molecule has 3 fully saturated rings. The van der Waals surface area contributed by atoms with Crippen LogP contribution in [0.25, 0.3) is 0 Å². The van der Waals surface area contributed by atoms with Crippen molar-refractivity contribution in [3.05, 3.63) is 29.3 Å². The molecule has 2 N–H and O–H groups in total. The Morgan fingerprint density at radius 2 is 1.65 bits per heavy atom. The molecule has 0 radical (unpaired) electrons. The number of hydrogen-bond acceptors (Lipinski definition) is 9. The summed E-state index contributed by atoms with van der Waals surface area (Å²) in [5.74, 6) is -1.95. The Morgan fingerprint density at radius 3 is 2.33 bits per heavy atom. The van der Waals surface area contributed by atoms with E-state index in [0.717, 1.165) is 82.3 Å². The summed E-state index contributed by atoms with van der Waals surface area (Å²) in [7, 11) is 2.16. The number of amides is 5. The number of hydrogen-bond donors (Lipinski definition) is 2. The van der Waals surface area contributed by atoms with Crippen LogP contribution in [0.1, 0.15) is 53.3 Å². The minimum absolute atomic E-state index is 0.102. The van der Waals surface area contributed by atoms with Gasteiger partial charge in [0.2, 0.25) is 11.8 Å². The number of nitrogens with zero attached hydrogens (tertiary/aromatic N) is 6. The zero-order chi connectivity index (χ0) is 30.7. The second-order valence-corrected chi connectivity index (χ2v) is 12.1. The van der Waals surface area contributed by atoms with Crippen molar-refractivity contribution in [1.29, 1.82) is 0 Å². The number of carbonyl (C=O) groups excluding carboxylic acids is 4. The highest BCUT2D eigenvalue weighted by Gasteiger charge is 2.44. The van der Waals surface area contributed by atoms with Crippen LogP contribution in [0, 0.1) is 0 Å². The lowest BCUT2D eigenvalue weighted by Crippen LogP contribution is -2.54. The molecular formula is C30H43N7O6. The molecular weight excluding hydrogens is 554 g/mol. The number of piperidine rings is 1. The second kappa shape index (κ2) is 13.4. The number of carboxylic acid groups (broad SMARTS) is 1. The van der Waals surface area contributed by atoms with Crippen LogP contribution in [-0.2, 0) is 9.59 Å². The maximum absolute atomic E-state index is 13.2. The van der Waals surface area contributed by atoms with Crippen LogP contribution in [0.5, 0.6) is 0 Å². The van der Waals surface area contributed by atoms with Crippen LogP contribution in [0.4, 0.5) is 10.5 Å². The molecule has 1 aromatic carbocycles. The summed E-state index contributed by atoms with van der Waals surface area (Å²) in [5.41, 5.74) is 1.51. The fourth-order valence-electron chi connectivity index (χ4n) is 6.61. The van der Waals surface area contributed by atoms with E-state index < -0.39 is 29.9 Å². The van der Waals surface area contributed by atoms with Crippen LogP contribution in [0.3, 0.4) is 0 Å². The molecule has 13 nitrogen and oxygen atoms in total. The van der Waals surface area contributed by atoms with E-state index in [9.17, 15) is 29.1 Å². The number of imide groups is 2. The van der Waals surface area contributed by atoms with Gasteiger partial charge in [0, 0.05) is 64.0 Å². The van der Waals surface area contributed by atoms with Gasteiger partial charge in [-0.1, -0.05) is 0 Å². The molecule has 1 aromatic rings. The van der Waals surface area contributed by atoms with Gasteiger partial charge in [-0.05, 0) is 77.6 Å². The Bertz CT molecular complexity index is 1250. The third-order valence-corrected chi connectivity index (χ3v) is 9.20. The molecule has 234 valence electrons. The minimum atomic E-state index is -0.957. The highest BCUT2D eigenvalue weighted by atomic mass is 16.4. The second-order valence-electron chi connectivity index (χ2n) is 12.1. The van der Waals surface area contributed by atoms with Crippen molar-refractivity contribution in [2.24, 2.45) is 0 Å². The highest BCUT2D eigenvalue weighted by Crippen LogP contribution is 2.31. The first-order valence-electron chi connectivity index (χ1n) is 15.4.